The van der Waals surface area contributed by atoms with Crippen molar-refractivity contribution in [1.29, 1.82) is 0 Å². The van der Waals surface area contributed by atoms with E-state index in [2.05, 4.69) is 77.7 Å². The van der Waals surface area contributed by atoms with Gasteiger partial charge in [-0.05, 0) is 56.5 Å². The van der Waals surface area contributed by atoms with Crippen LogP contribution in [0, 0.1) is 0 Å². The molecule has 1 unspecified atom stereocenters. The van der Waals surface area contributed by atoms with Crippen LogP contribution in [0.3, 0.4) is 0 Å². The molecule has 0 saturated heterocycles. The highest BCUT2D eigenvalue weighted by Crippen LogP contribution is 2.30. The molecular weight excluding hydrogens is 318 g/mol. The number of nitrogens with one attached hydrogen (secondary N) is 1. The van der Waals surface area contributed by atoms with Gasteiger partial charge >= 0.3 is 0 Å². The van der Waals surface area contributed by atoms with Crippen LogP contribution in [0.2, 0.25) is 0 Å². The van der Waals surface area contributed by atoms with Gasteiger partial charge < -0.3 is 5.32 Å². The Kier molecular flexibility index (Phi) is 5.20. The van der Waals surface area contributed by atoms with Crippen molar-refractivity contribution in [1.82, 2.24) is 5.32 Å². The summed E-state index contributed by atoms with van der Waals surface area (Å²) >= 11 is 5.28. The van der Waals surface area contributed by atoms with Crippen LogP contribution in [0.1, 0.15) is 49.4 Å². The van der Waals surface area contributed by atoms with Gasteiger partial charge in [0.1, 0.15) is 0 Å². The lowest BCUT2D eigenvalue weighted by Gasteiger charge is -2.18. The van der Waals surface area contributed by atoms with Gasteiger partial charge in [-0.25, -0.2) is 0 Å². The van der Waals surface area contributed by atoms with E-state index >= 15 is 0 Å². The average Bonchev–Trinajstić information content (AvgIpc) is 2.82. The van der Waals surface area contributed by atoms with Crippen LogP contribution < -0.4 is 5.32 Å². The molecule has 1 nitrogen and oxygen atoms in total. The van der Waals surface area contributed by atoms with Crippen molar-refractivity contribution in [3.05, 3.63) is 56.2 Å². The molecule has 19 heavy (non-hydrogen) atoms. The summed E-state index contributed by atoms with van der Waals surface area (Å²) in [4.78, 5) is 0. The van der Waals surface area contributed by atoms with E-state index in [0.29, 0.717) is 5.92 Å². The zero-order valence-corrected chi connectivity index (χ0v) is 14.0. The highest BCUT2D eigenvalue weighted by molar-refractivity contribution is 9.11. The summed E-state index contributed by atoms with van der Waals surface area (Å²) < 4.78 is 1.18. The molecule has 0 radical (unpaired) electrons. The van der Waals surface area contributed by atoms with Crippen molar-refractivity contribution in [2.45, 2.75) is 32.7 Å². The first-order valence-electron chi connectivity index (χ1n) is 6.69. The van der Waals surface area contributed by atoms with E-state index < -0.39 is 0 Å². The largest absolute Gasteiger partial charge is 0.307 e. The van der Waals surface area contributed by atoms with Crippen LogP contribution in [-0.2, 0) is 0 Å². The molecule has 0 saturated carbocycles. The van der Waals surface area contributed by atoms with Crippen LogP contribution in [0.5, 0.6) is 0 Å². The molecule has 2 rings (SSSR count). The van der Waals surface area contributed by atoms with Crippen molar-refractivity contribution in [3.8, 4) is 0 Å². The standard InChI is InChI=1S/C16H20BrNS/c1-4-18-16(14-9-15(17)19-10-14)13-7-5-12(6-8-13)11(2)3/h5-11,16,18H,4H2,1-3H3. The van der Waals surface area contributed by atoms with Gasteiger partial charge in [0.2, 0.25) is 0 Å². The maximum Gasteiger partial charge on any atom is 0.0701 e. The number of hydrogen-bond acceptors (Lipinski definition) is 2. The van der Waals surface area contributed by atoms with Gasteiger partial charge in [-0.2, -0.15) is 0 Å². The van der Waals surface area contributed by atoms with Gasteiger partial charge in [-0.3, -0.25) is 0 Å². The molecular formula is C16H20BrNS. The summed E-state index contributed by atoms with van der Waals surface area (Å²) in [6, 6.07) is 11.5. The van der Waals surface area contributed by atoms with Crippen molar-refractivity contribution in [2.24, 2.45) is 0 Å². The van der Waals surface area contributed by atoms with E-state index in [4.69, 9.17) is 0 Å². The molecule has 102 valence electrons. The molecule has 1 heterocycles. The predicted molar refractivity (Wildman–Crippen MR) is 88.1 cm³/mol. The summed E-state index contributed by atoms with van der Waals surface area (Å²) in [5.41, 5.74) is 4.05. The molecule has 1 N–H and O–H groups in total. The van der Waals surface area contributed by atoms with E-state index in [1.807, 2.05) is 0 Å². The highest BCUT2D eigenvalue weighted by Gasteiger charge is 2.14. The van der Waals surface area contributed by atoms with Crippen LogP contribution in [-0.4, -0.2) is 6.54 Å². The van der Waals surface area contributed by atoms with Gasteiger partial charge in [-0.15, -0.1) is 11.3 Å². The first kappa shape index (κ1) is 14.8. The quantitative estimate of drug-likeness (QED) is 0.777. The lowest BCUT2D eigenvalue weighted by Crippen LogP contribution is -2.21. The second-order valence-electron chi connectivity index (χ2n) is 5.00. The molecule has 0 aliphatic carbocycles. The predicted octanol–water partition coefficient (Wildman–Crippen LogP) is 5.33. The Morgan fingerprint density at radius 2 is 1.74 bits per heavy atom. The Hall–Kier alpha value is -0.640. The molecule has 0 aliphatic rings. The van der Waals surface area contributed by atoms with E-state index in [9.17, 15) is 0 Å². The first-order chi connectivity index (χ1) is 9.11. The molecule has 0 spiro atoms. The van der Waals surface area contributed by atoms with Gasteiger partial charge in [0.25, 0.3) is 0 Å². The van der Waals surface area contributed by atoms with Crippen LogP contribution >= 0.6 is 27.3 Å². The Balaban J connectivity index is 2.28. The summed E-state index contributed by atoms with van der Waals surface area (Å²) in [7, 11) is 0. The topological polar surface area (TPSA) is 12.0 Å². The van der Waals surface area contributed by atoms with Crippen molar-refractivity contribution in [3.63, 3.8) is 0 Å². The molecule has 0 fully saturated rings. The lowest BCUT2D eigenvalue weighted by atomic mass is 9.96. The third kappa shape index (κ3) is 3.68. The second-order valence-corrected chi connectivity index (χ2v) is 7.29. The van der Waals surface area contributed by atoms with Crippen molar-refractivity contribution < 1.29 is 0 Å². The van der Waals surface area contributed by atoms with Crippen LogP contribution in [0.4, 0.5) is 0 Å². The minimum absolute atomic E-state index is 0.286. The maximum atomic E-state index is 3.56. The van der Waals surface area contributed by atoms with E-state index in [0.717, 1.165) is 6.54 Å². The first-order valence-corrected chi connectivity index (χ1v) is 8.36. The number of hydrogen-bond donors (Lipinski definition) is 1. The fraction of sp³-hybridized carbons (Fsp3) is 0.375. The SMILES string of the molecule is CCNC(c1ccc(C(C)C)cc1)c1csc(Br)c1. The van der Waals surface area contributed by atoms with Gasteiger partial charge in [0.15, 0.2) is 0 Å². The third-order valence-electron chi connectivity index (χ3n) is 3.27. The fourth-order valence-electron chi connectivity index (χ4n) is 2.18. The van der Waals surface area contributed by atoms with Gasteiger partial charge in [0, 0.05) is 0 Å². The summed E-state index contributed by atoms with van der Waals surface area (Å²) in [6.45, 7) is 7.57. The Morgan fingerprint density at radius 3 is 2.21 bits per heavy atom. The molecule has 1 atom stereocenters. The fourth-order valence-corrected chi connectivity index (χ4v) is 3.38. The number of benzene rings is 1. The minimum atomic E-state index is 0.286. The zero-order valence-electron chi connectivity index (χ0n) is 11.6. The number of rotatable bonds is 5. The van der Waals surface area contributed by atoms with Crippen molar-refractivity contribution >= 4 is 27.3 Å². The summed E-state index contributed by atoms with van der Waals surface area (Å²) in [5.74, 6) is 0.585. The molecule has 1 aromatic heterocycles. The molecule has 2 aromatic rings. The average molecular weight is 338 g/mol. The Labute approximate surface area is 128 Å². The second kappa shape index (κ2) is 6.69. The summed E-state index contributed by atoms with van der Waals surface area (Å²) in [5, 5.41) is 5.78. The number of halogens is 1. The Morgan fingerprint density at radius 1 is 1.11 bits per heavy atom. The van der Waals surface area contributed by atoms with E-state index in [1.54, 1.807) is 11.3 Å². The Bertz CT molecular complexity index is 516. The van der Waals surface area contributed by atoms with E-state index in [1.165, 1.54) is 20.5 Å². The third-order valence-corrected chi connectivity index (χ3v) is 4.79. The smallest absolute Gasteiger partial charge is 0.0701 e. The molecule has 3 heteroatoms. The summed E-state index contributed by atoms with van der Waals surface area (Å²) in [6.07, 6.45) is 0. The van der Waals surface area contributed by atoms with Gasteiger partial charge in [0.05, 0.1) is 9.83 Å². The minimum Gasteiger partial charge on any atom is -0.307 e. The van der Waals surface area contributed by atoms with Crippen LogP contribution in [0.15, 0.2) is 39.5 Å². The van der Waals surface area contributed by atoms with Gasteiger partial charge in [-0.1, -0.05) is 45.0 Å². The molecule has 1 aromatic carbocycles. The van der Waals surface area contributed by atoms with E-state index in [-0.39, 0.29) is 6.04 Å². The number of thiophene rings is 1. The van der Waals surface area contributed by atoms with Crippen molar-refractivity contribution in [2.75, 3.05) is 6.54 Å². The zero-order chi connectivity index (χ0) is 13.8. The molecule has 0 amide bonds. The maximum absolute atomic E-state index is 3.56. The normalized spacial score (nSPS) is 12.9. The monoisotopic (exact) mass is 337 g/mol. The molecule has 0 bridgehead atoms. The molecule has 0 aliphatic heterocycles. The van der Waals surface area contributed by atoms with Crippen LogP contribution in [0.25, 0.3) is 0 Å². The lowest BCUT2D eigenvalue weighted by molar-refractivity contribution is 0.632. The highest BCUT2D eigenvalue weighted by atomic mass is 79.9.